The third-order valence-corrected chi connectivity index (χ3v) is 3.40. The summed E-state index contributed by atoms with van der Waals surface area (Å²) in [6.07, 6.45) is 0. The number of anilines is 1. The van der Waals surface area contributed by atoms with Gasteiger partial charge in [-0.25, -0.2) is 0 Å². The third-order valence-electron chi connectivity index (χ3n) is 3.40. The van der Waals surface area contributed by atoms with Gasteiger partial charge in [0, 0.05) is 5.69 Å². The van der Waals surface area contributed by atoms with Crippen molar-refractivity contribution in [1.29, 1.82) is 0 Å². The molecule has 0 aliphatic rings. The van der Waals surface area contributed by atoms with Crippen LogP contribution in [0.3, 0.4) is 0 Å². The summed E-state index contributed by atoms with van der Waals surface area (Å²) in [5.41, 5.74) is 2.54. The second-order valence-corrected chi connectivity index (χ2v) is 4.80. The van der Waals surface area contributed by atoms with Crippen molar-refractivity contribution in [2.75, 3.05) is 5.32 Å². The highest BCUT2D eigenvalue weighted by Crippen LogP contribution is 2.23. The van der Waals surface area contributed by atoms with Gasteiger partial charge in [0.05, 0.1) is 5.56 Å². The molecule has 0 aromatic heterocycles. The Morgan fingerprint density at radius 3 is 2.35 bits per heavy atom. The Balaban J connectivity index is 2.05. The summed E-state index contributed by atoms with van der Waals surface area (Å²) in [6, 6.07) is 21.5. The van der Waals surface area contributed by atoms with Crippen LogP contribution in [0, 0.1) is 6.92 Å². The fourth-order valence-electron chi connectivity index (χ4n) is 2.40. The van der Waals surface area contributed by atoms with Crippen LogP contribution in [0.1, 0.15) is 15.9 Å². The maximum absolute atomic E-state index is 12.5. The van der Waals surface area contributed by atoms with E-state index in [1.807, 2.05) is 73.7 Å². The summed E-state index contributed by atoms with van der Waals surface area (Å²) in [5.74, 6) is -0.0644. The van der Waals surface area contributed by atoms with E-state index in [-0.39, 0.29) is 5.91 Å². The number of hydrogen-bond donors (Lipinski definition) is 1. The third kappa shape index (κ3) is 2.28. The molecule has 0 spiro atoms. The van der Waals surface area contributed by atoms with Gasteiger partial charge in [0.25, 0.3) is 5.91 Å². The number of nitrogens with one attached hydrogen (secondary N) is 1. The average molecular weight is 261 g/mol. The molecular formula is C18H15NO. The summed E-state index contributed by atoms with van der Waals surface area (Å²) in [4.78, 5) is 12.5. The van der Waals surface area contributed by atoms with Crippen molar-refractivity contribution >= 4 is 22.4 Å². The van der Waals surface area contributed by atoms with E-state index in [0.717, 1.165) is 27.6 Å². The van der Waals surface area contributed by atoms with E-state index >= 15 is 0 Å². The Bertz CT molecular complexity index is 763. The molecule has 0 radical (unpaired) electrons. The molecule has 0 atom stereocenters. The molecule has 2 heteroatoms. The number of aryl methyl sites for hydroxylation is 1. The highest BCUT2D eigenvalue weighted by Gasteiger charge is 2.13. The van der Waals surface area contributed by atoms with Gasteiger partial charge in [0.15, 0.2) is 0 Å². The first kappa shape index (κ1) is 12.4. The number of fused-ring (bicyclic) bond motifs is 1. The Kier molecular flexibility index (Phi) is 3.21. The molecule has 0 aliphatic carbocycles. The average Bonchev–Trinajstić information content (AvgIpc) is 2.48. The first-order valence-electron chi connectivity index (χ1n) is 6.60. The lowest BCUT2D eigenvalue weighted by Gasteiger charge is -2.11. The van der Waals surface area contributed by atoms with Gasteiger partial charge >= 0.3 is 0 Å². The Morgan fingerprint density at radius 2 is 1.55 bits per heavy atom. The number of hydrogen-bond acceptors (Lipinski definition) is 1. The summed E-state index contributed by atoms with van der Waals surface area (Å²) in [6.45, 7) is 1.96. The van der Waals surface area contributed by atoms with Crippen molar-refractivity contribution in [1.82, 2.24) is 0 Å². The number of para-hydroxylation sites is 1. The number of benzene rings is 3. The maximum atomic E-state index is 12.5. The highest BCUT2D eigenvalue weighted by atomic mass is 16.1. The number of amides is 1. The van der Waals surface area contributed by atoms with Gasteiger partial charge in [-0.3, -0.25) is 4.79 Å². The van der Waals surface area contributed by atoms with E-state index in [1.165, 1.54) is 0 Å². The lowest BCUT2D eigenvalue weighted by atomic mass is 9.99. The van der Waals surface area contributed by atoms with E-state index in [9.17, 15) is 4.79 Å². The second-order valence-electron chi connectivity index (χ2n) is 4.80. The van der Waals surface area contributed by atoms with Crippen LogP contribution in [0.2, 0.25) is 0 Å². The van der Waals surface area contributed by atoms with Crippen molar-refractivity contribution in [3.63, 3.8) is 0 Å². The van der Waals surface area contributed by atoms with Crippen LogP contribution in [0.15, 0.2) is 66.7 Å². The molecule has 3 rings (SSSR count). The van der Waals surface area contributed by atoms with Crippen LogP contribution in [-0.2, 0) is 0 Å². The number of rotatable bonds is 2. The maximum Gasteiger partial charge on any atom is 0.256 e. The molecule has 2 nitrogen and oxygen atoms in total. The van der Waals surface area contributed by atoms with Crippen molar-refractivity contribution in [2.45, 2.75) is 6.92 Å². The van der Waals surface area contributed by atoms with E-state index in [0.29, 0.717) is 0 Å². The molecule has 1 N–H and O–H groups in total. The predicted octanol–water partition coefficient (Wildman–Crippen LogP) is 4.40. The molecule has 0 unspecified atom stereocenters. The molecule has 0 aliphatic heterocycles. The Morgan fingerprint density at radius 1 is 0.850 bits per heavy atom. The molecule has 1 amide bonds. The highest BCUT2D eigenvalue weighted by molar-refractivity contribution is 6.14. The van der Waals surface area contributed by atoms with Gasteiger partial charge in [0.1, 0.15) is 0 Å². The SMILES string of the molecule is Cc1ccc2ccccc2c1C(=O)Nc1ccccc1. The van der Waals surface area contributed by atoms with Gasteiger partial charge < -0.3 is 5.32 Å². The van der Waals surface area contributed by atoms with Crippen LogP contribution in [0.5, 0.6) is 0 Å². The van der Waals surface area contributed by atoms with Crippen molar-refractivity contribution in [3.8, 4) is 0 Å². The first-order valence-corrected chi connectivity index (χ1v) is 6.60. The van der Waals surface area contributed by atoms with Crippen LogP contribution < -0.4 is 5.32 Å². The summed E-state index contributed by atoms with van der Waals surface area (Å²) >= 11 is 0. The second kappa shape index (κ2) is 5.17. The zero-order valence-electron chi connectivity index (χ0n) is 11.3. The predicted molar refractivity (Wildman–Crippen MR) is 83.1 cm³/mol. The molecule has 98 valence electrons. The summed E-state index contributed by atoms with van der Waals surface area (Å²) in [5, 5.41) is 5.02. The van der Waals surface area contributed by atoms with Crippen molar-refractivity contribution in [2.24, 2.45) is 0 Å². The summed E-state index contributed by atoms with van der Waals surface area (Å²) < 4.78 is 0. The van der Waals surface area contributed by atoms with Crippen molar-refractivity contribution in [3.05, 3.63) is 77.9 Å². The summed E-state index contributed by atoms with van der Waals surface area (Å²) in [7, 11) is 0. The van der Waals surface area contributed by atoms with Gasteiger partial charge in [-0.2, -0.15) is 0 Å². The monoisotopic (exact) mass is 261 g/mol. The van der Waals surface area contributed by atoms with Gasteiger partial charge in [0.2, 0.25) is 0 Å². The molecule has 3 aromatic rings. The van der Waals surface area contributed by atoms with Gasteiger partial charge in [-0.1, -0.05) is 54.6 Å². The molecule has 0 saturated carbocycles. The first-order chi connectivity index (χ1) is 9.75. The molecule has 0 heterocycles. The quantitative estimate of drug-likeness (QED) is 0.727. The zero-order valence-corrected chi connectivity index (χ0v) is 11.3. The van der Waals surface area contributed by atoms with E-state index < -0.39 is 0 Å². The fourth-order valence-corrected chi connectivity index (χ4v) is 2.40. The zero-order chi connectivity index (χ0) is 13.9. The lowest BCUT2D eigenvalue weighted by molar-refractivity contribution is 0.102. The topological polar surface area (TPSA) is 29.1 Å². The van der Waals surface area contributed by atoms with Gasteiger partial charge in [-0.15, -0.1) is 0 Å². The smallest absolute Gasteiger partial charge is 0.256 e. The molecule has 0 bridgehead atoms. The lowest BCUT2D eigenvalue weighted by Crippen LogP contribution is -2.13. The van der Waals surface area contributed by atoms with Crippen LogP contribution in [0.4, 0.5) is 5.69 Å². The minimum absolute atomic E-state index is 0.0644. The van der Waals surface area contributed by atoms with E-state index in [2.05, 4.69) is 5.32 Å². The molecule has 0 fully saturated rings. The normalized spacial score (nSPS) is 10.4. The minimum Gasteiger partial charge on any atom is -0.322 e. The number of carbonyl (C=O) groups excluding carboxylic acids is 1. The van der Waals surface area contributed by atoms with Gasteiger partial charge in [-0.05, 0) is 35.4 Å². The Hall–Kier alpha value is -2.61. The standard InChI is InChI=1S/C18H15NO/c1-13-11-12-14-7-5-6-10-16(14)17(13)18(20)19-15-8-3-2-4-9-15/h2-12H,1H3,(H,19,20). The minimum atomic E-state index is -0.0644. The molecular weight excluding hydrogens is 246 g/mol. The molecule has 20 heavy (non-hydrogen) atoms. The Labute approximate surface area is 118 Å². The van der Waals surface area contributed by atoms with Crippen LogP contribution in [-0.4, -0.2) is 5.91 Å². The number of carbonyl (C=O) groups is 1. The molecule has 3 aromatic carbocycles. The van der Waals surface area contributed by atoms with Crippen LogP contribution >= 0.6 is 0 Å². The molecule has 0 saturated heterocycles. The van der Waals surface area contributed by atoms with Crippen LogP contribution in [0.25, 0.3) is 10.8 Å². The van der Waals surface area contributed by atoms with E-state index in [4.69, 9.17) is 0 Å². The largest absolute Gasteiger partial charge is 0.322 e. The van der Waals surface area contributed by atoms with E-state index in [1.54, 1.807) is 0 Å². The fraction of sp³-hybridized carbons (Fsp3) is 0.0556. The van der Waals surface area contributed by atoms with Crippen molar-refractivity contribution < 1.29 is 4.79 Å².